The predicted octanol–water partition coefficient (Wildman–Crippen LogP) is 2.35. The van der Waals surface area contributed by atoms with E-state index in [9.17, 15) is 4.79 Å². The molecule has 0 saturated carbocycles. The van der Waals surface area contributed by atoms with E-state index >= 15 is 0 Å². The molecule has 3 nitrogen and oxygen atoms in total. The van der Waals surface area contributed by atoms with Gasteiger partial charge in [0.25, 0.3) is 5.91 Å². The molecule has 94 valence electrons. The molecule has 0 aromatic carbocycles. The van der Waals surface area contributed by atoms with E-state index < -0.39 is 0 Å². The summed E-state index contributed by atoms with van der Waals surface area (Å²) in [5.74, 6) is 0.208. The third kappa shape index (κ3) is 3.07. The summed E-state index contributed by atoms with van der Waals surface area (Å²) in [7, 11) is 0. The van der Waals surface area contributed by atoms with Gasteiger partial charge in [0.15, 0.2) is 0 Å². The highest BCUT2D eigenvalue weighted by Gasteiger charge is 2.25. The fourth-order valence-corrected chi connectivity index (χ4v) is 2.99. The summed E-state index contributed by atoms with van der Waals surface area (Å²) in [6, 6.07) is 2.35. The van der Waals surface area contributed by atoms with Crippen LogP contribution in [0.15, 0.2) is 16.8 Å². The molecule has 0 bridgehead atoms. The lowest BCUT2D eigenvalue weighted by atomic mass is 10.0. The first-order valence-corrected chi connectivity index (χ1v) is 7.31. The highest BCUT2D eigenvalue weighted by molar-refractivity contribution is 7.08. The average Bonchev–Trinajstić information content (AvgIpc) is 2.90. The molecule has 1 aliphatic rings. The van der Waals surface area contributed by atoms with Crippen molar-refractivity contribution in [1.29, 1.82) is 0 Å². The normalized spacial score (nSPS) is 17.0. The topological polar surface area (TPSA) is 32.3 Å². The van der Waals surface area contributed by atoms with Crippen molar-refractivity contribution in [3.8, 4) is 0 Å². The van der Waals surface area contributed by atoms with Crippen LogP contribution in [0.4, 0.5) is 0 Å². The summed E-state index contributed by atoms with van der Waals surface area (Å²) in [4.78, 5) is 14.5. The Morgan fingerprint density at radius 2 is 2.29 bits per heavy atom. The van der Waals surface area contributed by atoms with Crippen LogP contribution < -0.4 is 5.32 Å². The van der Waals surface area contributed by atoms with Gasteiger partial charge in [-0.15, -0.1) is 0 Å². The summed E-state index contributed by atoms with van der Waals surface area (Å²) in [5.41, 5.74) is 0.849. The Bertz CT molecular complexity index is 344. The van der Waals surface area contributed by atoms with Gasteiger partial charge in [-0.05, 0) is 43.8 Å². The van der Waals surface area contributed by atoms with Crippen molar-refractivity contribution in [2.45, 2.75) is 32.2 Å². The SMILES string of the molecule is CCCN(C(=O)c1ccsc1)C1CCNCC1. The first-order chi connectivity index (χ1) is 8.33. The second-order valence-corrected chi connectivity index (χ2v) is 5.27. The Hall–Kier alpha value is -0.870. The number of nitrogens with one attached hydrogen (secondary N) is 1. The minimum atomic E-state index is 0.208. The lowest BCUT2D eigenvalue weighted by Crippen LogP contribution is -2.46. The van der Waals surface area contributed by atoms with Crippen LogP contribution in [0.2, 0.25) is 0 Å². The van der Waals surface area contributed by atoms with E-state index in [1.54, 1.807) is 11.3 Å². The summed E-state index contributed by atoms with van der Waals surface area (Å²) in [6.07, 6.45) is 3.19. The van der Waals surface area contributed by atoms with E-state index in [4.69, 9.17) is 0 Å². The smallest absolute Gasteiger partial charge is 0.254 e. The highest BCUT2D eigenvalue weighted by Crippen LogP contribution is 2.17. The molecule has 4 heteroatoms. The van der Waals surface area contributed by atoms with Crippen molar-refractivity contribution in [2.24, 2.45) is 0 Å². The largest absolute Gasteiger partial charge is 0.336 e. The molecule has 2 heterocycles. The van der Waals surface area contributed by atoms with Crippen molar-refractivity contribution in [2.75, 3.05) is 19.6 Å². The molecule has 1 aromatic heterocycles. The van der Waals surface area contributed by atoms with E-state index in [0.717, 1.165) is 44.5 Å². The molecule has 0 unspecified atom stereocenters. The van der Waals surface area contributed by atoms with Gasteiger partial charge in [-0.3, -0.25) is 4.79 Å². The van der Waals surface area contributed by atoms with Crippen molar-refractivity contribution >= 4 is 17.2 Å². The number of hydrogen-bond acceptors (Lipinski definition) is 3. The number of nitrogens with zero attached hydrogens (tertiary/aromatic N) is 1. The maximum Gasteiger partial charge on any atom is 0.254 e. The molecule has 0 spiro atoms. The van der Waals surface area contributed by atoms with Crippen LogP contribution in [0.5, 0.6) is 0 Å². The minimum absolute atomic E-state index is 0.208. The molecule has 1 fully saturated rings. The van der Waals surface area contributed by atoms with Gasteiger partial charge < -0.3 is 10.2 Å². The Morgan fingerprint density at radius 3 is 2.88 bits per heavy atom. The van der Waals surface area contributed by atoms with Crippen LogP contribution in [0.25, 0.3) is 0 Å². The molecule has 1 aromatic rings. The Balaban J connectivity index is 2.07. The summed E-state index contributed by atoms with van der Waals surface area (Å²) < 4.78 is 0. The molecule has 0 aliphatic carbocycles. The maximum atomic E-state index is 12.4. The van der Waals surface area contributed by atoms with Gasteiger partial charge in [-0.1, -0.05) is 6.92 Å². The number of hydrogen-bond donors (Lipinski definition) is 1. The molecular weight excluding hydrogens is 232 g/mol. The summed E-state index contributed by atoms with van der Waals surface area (Å²) in [6.45, 7) is 5.07. The van der Waals surface area contributed by atoms with E-state index in [-0.39, 0.29) is 5.91 Å². The van der Waals surface area contributed by atoms with Gasteiger partial charge in [-0.25, -0.2) is 0 Å². The fourth-order valence-electron chi connectivity index (χ4n) is 2.36. The van der Waals surface area contributed by atoms with Crippen molar-refractivity contribution in [1.82, 2.24) is 10.2 Å². The van der Waals surface area contributed by atoms with Gasteiger partial charge in [0.05, 0.1) is 5.56 Å². The van der Waals surface area contributed by atoms with E-state index in [0.29, 0.717) is 6.04 Å². The van der Waals surface area contributed by atoms with E-state index in [1.807, 2.05) is 16.8 Å². The van der Waals surface area contributed by atoms with Gasteiger partial charge >= 0.3 is 0 Å². The monoisotopic (exact) mass is 252 g/mol. The Morgan fingerprint density at radius 1 is 1.53 bits per heavy atom. The molecule has 1 amide bonds. The number of amides is 1. The second-order valence-electron chi connectivity index (χ2n) is 4.49. The second kappa shape index (κ2) is 6.17. The number of piperidine rings is 1. The average molecular weight is 252 g/mol. The van der Waals surface area contributed by atoms with Crippen molar-refractivity contribution < 1.29 is 4.79 Å². The van der Waals surface area contributed by atoms with Crippen LogP contribution in [-0.4, -0.2) is 36.5 Å². The van der Waals surface area contributed by atoms with Crippen LogP contribution in [-0.2, 0) is 0 Å². The van der Waals surface area contributed by atoms with E-state index in [1.165, 1.54) is 0 Å². The summed E-state index contributed by atoms with van der Waals surface area (Å²) in [5, 5.41) is 7.27. The standard InChI is InChI=1S/C13H20N2OS/c1-2-8-15(12-3-6-14-7-4-12)13(16)11-5-9-17-10-11/h5,9-10,12,14H,2-4,6-8H2,1H3. The fraction of sp³-hybridized carbons (Fsp3) is 0.615. The molecular formula is C13H20N2OS. The molecule has 17 heavy (non-hydrogen) atoms. The van der Waals surface area contributed by atoms with Crippen molar-refractivity contribution in [3.63, 3.8) is 0 Å². The third-order valence-electron chi connectivity index (χ3n) is 3.24. The zero-order chi connectivity index (χ0) is 12.1. The molecule has 1 aliphatic heterocycles. The molecule has 0 radical (unpaired) electrons. The van der Waals surface area contributed by atoms with Crippen LogP contribution in [0, 0.1) is 0 Å². The first-order valence-electron chi connectivity index (χ1n) is 6.36. The summed E-state index contributed by atoms with van der Waals surface area (Å²) >= 11 is 1.59. The molecule has 2 rings (SSSR count). The Kier molecular flexibility index (Phi) is 4.57. The van der Waals surface area contributed by atoms with Crippen LogP contribution in [0.3, 0.4) is 0 Å². The number of thiophene rings is 1. The number of carbonyl (C=O) groups excluding carboxylic acids is 1. The van der Waals surface area contributed by atoms with Crippen LogP contribution in [0.1, 0.15) is 36.5 Å². The zero-order valence-electron chi connectivity index (χ0n) is 10.3. The van der Waals surface area contributed by atoms with Gasteiger partial charge in [0, 0.05) is 18.0 Å². The minimum Gasteiger partial charge on any atom is -0.336 e. The zero-order valence-corrected chi connectivity index (χ0v) is 11.1. The number of carbonyl (C=O) groups is 1. The third-order valence-corrected chi connectivity index (χ3v) is 3.93. The van der Waals surface area contributed by atoms with Gasteiger partial charge in [0.2, 0.25) is 0 Å². The lowest BCUT2D eigenvalue weighted by molar-refractivity contribution is 0.0643. The Labute approximate surface area is 107 Å². The van der Waals surface area contributed by atoms with Gasteiger partial charge in [0.1, 0.15) is 0 Å². The van der Waals surface area contributed by atoms with Crippen LogP contribution >= 0.6 is 11.3 Å². The quantitative estimate of drug-likeness (QED) is 0.892. The molecule has 1 N–H and O–H groups in total. The highest BCUT2D eigenvalue weighted by atomic mass is 32.1. The molecule has 1 saturated heterocycles. The maximum absolute atomic E-state index is 12.4. The molecule has 0 atom stereocenters. The first kappa shape index (κ1) is 12.6. The lowest BCUT2D eigenvalue weighted by Gasteiger charge is -2.34. The van der Waals surface area contributed by atoms with Crippen molar-refractivity contribution in [3.05, 3.63) is 22.4 Å². The van der Waals surface area contributed by atoms with E-state index in [2.05, 4.69) is 17.1 Å². The predicted molar refractivity (Wildman–Crippen MR) is 71.5 cm³/mol. The number of rotatable bonds is 4. The van der Waals surface area contributed by atoms with Gasteiger partial charge in [-0.2, -0.15) is 11.3 Å².